The number of hydrogen-bond acceptors (Lipinski definition) is 2. The maximum Gasteiger partial charge on any atom is 0.128 e. The first kappa shape index (κ1) is 8.24. The summed E-state index contributed by atoms with van der Waals surface area (Å²) in [6.45, 7) is 1.53. The Morgan fingerprint density at radius 3 is 2.58 bits per heavy atom. The lowest BCUT2D eigenvalue weighted by molar-refractivity contribution is -0.133. The van der Waals surface area contributed by atoms with Crippen molar-refractivity contribution in [3.05, 3.63) is 0 Å². The predicted molar refractivity (Wildman–Crippen MR) is 45.9 cm³/mol. The predicted octanol–water partition coefficient (Wildman–Crippen LogP) is 1.78. The second kappa shape index (κ2) is 3.17. The Labute approximate surface area is 73.3 Å². The Morgan fingerprint density at radius 2 is 2.17 bits per heavy atom. The molecule has 0 N–H and O–H groups in total. The zero-order valence-electron chi connectivity index (χ0n) is 7.42. The summed E-state index contributed by atoms with van der Waals surface area (Å²) in [5, 5.41) is 0. The van der Waals surface area contributed by atoms with Crippen LogP contribution in [0.3, 0.4) is 0 Å². The van der Waals surface area contributed by atoms with Gasteiger partial charge in [-0.1, -0.05) is 6.42 Å². The third-order valence-corrected chi connectivity index (χ3v) is 3.45. The molecule has 0 radical (unpaired) electrons. The van der Waals surface area contributed by atoms with Crippen LogP contribution in [0.15, 0.2) is 0 Å². The first-order valence-electron chi connectivity index (χ1n) is 4.91. The topological polar surface area (TPSA) is 26.3 Å². The summed E-state index contributed by atoms with van der Waals surface area (Å²) in [6, 6.07) is 0. The molecular weight excluding hydrogens is 152 g/mol. The van der Waals surface area contributed by atoms with Gasteiger partial charge in [-0.2, -0.15) is 0 Å². The van der Waals surface area contributed by atoms with E-state index < -0.39 is 0 Å². The fourth-order valence-corrected chi connectivity index (χ4v) is 2.33. The van der Waals surface area contributed by atoms with Crippen molar-refractivity contribution in [3.63, 3.8) is 0 Å². The minimum atomic E-state index is -0.0868. The fourth-order valence-electron chi connectivity index (χ4n) is 2.33. The normalized spacial score (nSPS) is 37.3. The van der Waals surface area contributed by atoms with E-state index in [0.29, 0.717) is 12.5 Å². The molecule has 0 bridgehead atoms. The van der Waals surface area contributed by atoms with E-state index in [9.17, 15) is 4.79 Å². The Bertz CT molecular complexity index is 167. The molecule has 2 aliphatic rings. The number of aldehydes is 1. The van der Waals surface area contributed by atoms with Crippen LogP contribution in [0.1, 0.15) is 32.1 Å². The molecule has 1 aliphatic carbocycles. The first-order valence-corrected chi connectivity index (χ1v) is 4.91. The smallest absolute Gasteiger partial charge is 0.128 e. The molecule has 2 heteroatoms. The van der Waals surface area contributed by atoms with Crippen LogP contribution in [0, 0.1) is 11.3 Å². The lowest BCUT2D eigenvalue weighted by Gasteiger charge is -2.43. The molecular formula is C10H16O2. The van der Waals surface area contributed by atoms with Crippen molar-refractivity contribution < 1.29 is 9.53 Å². The molecule has 1 saturated carbocycles. The van der Waals surface area contributed by atoms with Crippen LogP contribution in [0.4, 0.5) is 0 Å². The number of carbonyl (C=O) groups excluding carboxylic acids is 1. The van der Waals surface area contributed by atoms with Crippen LogP contribution in [0.2, 0.25) is 0 Å². The maximum atomic E-state index is 11.0. The van der Waals surface area contributed by atoms with Crippen LogP contribution in [-0.4, -0.2) is 19.5 Å². The highest BCUT2D eigenvalue weighted by molar-refractivity contribution is 5.60. The van der Waals surface area contributed by atoms with Crippen LogP contribution in [0.5, 0.6) is 0 Å². The molecule has 2 nitrogen and oxygen atoms in total. The standard InChI is InChI=1S/C10H16O2/c11-7-10(9-3-1-4-9)5-2-6-12-8-10/h7,9H,1-6,8H2. The van der Waals surface area contributed by atoms with Gasteiger partial charge in [0.1, 0.15) is 6.29 Å². The summed E-state index contributed by atoms with van der Waals surface area (Å²) >= 11 is 0. The molecule has 0 aromatic heterocycles. The fraction of sp³-hybridized carbons (Fsp3) is 0.900. The average molecular weight is 168 g/mol. The van der Waals surface area contributed by atoms with Gasteiger partial charge in [-0.25, -0.2) is 0 Å². The second-order valence-corrected chi connectivity index (χ2v) is 4.13. The van der Waals surface area contributed by atoms with Crippen LogP contribution >= 0.6 is 0 Å². The molecule has 1 heterocycles. The third kappa shape index (κ3) is 1.18. The van der Waals surface area contributed by atoms with Crippen LogP contribution < -0.4 is 0 Å². The summed E-state index contributed by atoms with van der Waals surface area (Å²) in [4.78, 5) is 11.0. The molecule has 0 spiro atoms. The summed E-state index contributed by atoms with van der Waals surface area (Å²) in [5.74, 6) is 0.635. The van der Waals surface area contributed by atoms with Crippen molar-refractivity contribution in [2.24, 2.45) is 11.3 Å². The highest BCUT2D eigenvalue weighted by Crippen LogP contribution is 2.45. The lowest BCUT2D eigenvalue weighted by Crippen LogP contribution is -2.43. The molecule has 1 saturated heterocycles. The van der Waals surface area contributed by atoms with Crippen molar-refractivity contribution >= 4 is 6.29 Å². The van der Waals surface area contributed by atoms with Crippen molar-refractivity contribution in [2.75, 3.05) is 13.2 Å². The van der Waals surface area contributed by atoms with E-state index in [2.05, 4.69) is 0 Å². The largest absolute Gasteiger partial charge is 0.380 e. The minimum absolute atomic E-state index is 0.0868. The van der Waals surface area contributed by atoms with Gasteiger partial charge in [0.05, 0.1) is 12.0 Å². The summed E-state index contributed by atoms with van der Waals surface area (Å²) in [7, 11) is 0. The van der Waals surface area contributed by atoms with Crippen molar-refractivity contribution in [3.8, 4) is 0 Å². The molecule has 1 aliphatic heterocycles. The van der Waals surface area contributed by atoms with Crippen LogP contribution in [0.25, 0.3) is 0 Å². The molecule has 1 unspecified atom stereocenters. The second-order valence-electron chi connectivity index (χ2n) is 4.13. The average Bonchev–Trinajstić information content (AvgIpc) is 2.03. The zero-order valence-corrected chi connectivity index (χ0v) is 7.42. The van der Waals surface area contributed by atoms with E-state index in [4.69, 9.17) is 4.74 Å². The van der Waals surface area contributed by atoms with Gasteiger partial charge in [0.15, 0.2) is 0 Å². The van der Waals surface area contributed by atoms with E-state index >= 15 is 0 Å². The van der Waals surface area contributed by atoms with E-state index in [1.54, 1.807) is 0 Å². The van der Waals surface area contributed by atoms with Gasteiger partial charge in [-0.05, 0) is 31.6 Å². The molecule has 68 valence electrons. The summed E-state index contributed by atoms with van der Waals surface area (Å²) in [6.07, 6.45) is 7.07. The third-order valence-electron chi connectivity index (χ3n) is 3.45. The number of ether oxygens (including phenoxy) is 1. The van der Waals surface area contributed by atoms with Gasteiger partial charge in [-0.15, -0.1) is 0 Å². The number of hydrogen-bond donors (Lipinski definition) is 0. The number of rotatable bonds is 2. The Balaban J connectivity index is 2.05. The molecule has 2 fully saturated rings. The first-order chi connectivity index (χ1) is 5.87. The SMILES string of the molecule is O=CC1(C2CCC2)CCCOC1. The van der Waals surface area contributed by atoms with Crippen molar-refractivity contribution in [1.82, 2.24) is 0 Å². The Hall–Kier alpha value is -0.370. The maximum absolute atomic E-state index is 11.0. The van der Waals surface area contributed by atoms with E-state index in [1.807, 2.05) is 0 Å². The van der Waals surface area contributed by atoms with Gasteiger partial charge in [0.25, 0.3) is 0 Å². The Morgan fingerprint density at radius 1 is 1.33 bits per heavy atom. The molecule has 0 amide bonds. The zero-order chi connectivity index (χ0) is 8.44. The highest BCUT2D eigenvalue weighted by atomic mass is 16.5. The summed E-state index contributed by atoms with van der Waals surface area (Å²) < 4.78 is 5.40. The van der Waals surface area contributed by atoms with Crippen molar-refractivity contribution in [2.45, 2.75) is 32.1 Å². The Kier molecular flexibility index (Phi) is 2.18. The van der Waals surface area contributed by atoms with E-state index in [1.165, 1.54) is 19.3 Å². The molecule has 12 heavy (non-hydrogen) atoms. The van der Waals surface area contributed by atoms with Gasteiger partial charge in [0, 0.05) is 6.61 Å². The van der Waals surface area contributed by atoms with Crippen LogP contribution in [-0.2, 0) is 9.53 Å². The molecule has 1 atom stereocenters. The molecule has 2 rings (SSSR count). The van der Waals surface area contributed by atoms with Crippen molar-refractivity contribution in [1.29, 1.82) is 0 Å². The summed E-state index contributed by atoms with van der Waals surface area (Å²) in [5.41, 5.74) is -0.0868. The van der Waals surface area contributed by atoms with Gasteiger partial charge in [0.2, 0.25) is 0 Å². The number of carbonyl (C=O) groups is 1. The van der Waals surface area contributed by atoms with Gasteiger partial charge < -0.3 is 9.53 Å². The molecule has 0 aromatic carbocycles. The minimum Gasteiger partial charge on any atom is -0.380 e. The highest BCUT2D eigenvalue weighted by Gasteiger charge is 2.43. The quantitative estimate of drug-likeness (QED) is 0.587. The van der Waals surface area contributed by atoms with Gasteiger partial charge in [-0.3, -0.25) is 0 Å². The molecule has 0 aromatic rings. The lowest BCUT2D eigenvalue weighted by atomic mass is 9.64. The van der Waals surface area contributed by atoms with E-state index in [0.717, 1.165) is 25.7 Å². The van der Waals surface area contributed by atoms with Gasteiger partial charge >= 0.3 is 0 Å². The monoisotopic (exact) mass is 168 g/mol. The van der Waals surface area contributed by atoms with E-state index in [-0.39, 0.29) is 5.41 Å².